The number of Topliss-reactive ketones (excluding diaryl/α,β-unsaturated/α-hetero) is 1. The standard InChI is InChI=1S/C30H32BrN5O3/c1-19-17-27(18-20(2)28(19)37)34-15-13-33(14-16-34)25-9-11-26(12-10-25)35-22(4)32-36(30(35)39)21(3)29(38)23-5-7-24(31)8-6-23/h5-12,17-18,21,37H,13-16H2,1-4H3. The Labute approximate surface area is 236 Å². The first-order chi connectivity index (χ1) is 18.6. The molecule has 1 aromatic heterocycles. The van der Waals surface area contributed by atoms with Crippen molar-refractivity contribution in [3.05, 3.63) is 98.1 Å². The molecule has 0 radical (unpaired) electrons. The molecule has 0 saturated carbocycles. The fourth-order valence-corrected chi connectivity index (χ4v) is 5.42. The van der Waals surface area contributed by atoms with E-state index in [0.29, 0.717) is 22.8 Å². The fourth-order valence-electron chi connectivity index (χ4n) is 5.15. The number of carbonyl (C=O) groups is 1. The van der Waals surface area contributed by atoms with Crippen molar-refractivity contribution in [2.75, 3.05) is 36.0 Å². The summed E-state index contributed by atoms with van der Waals surface area (Å²) in [5.41, 5.74) is 4.92. The van der Waals surface area contributed by atoms with Gasteiger partial charge in [0.15, 0.2) is 5.78 Å². The van der Waals surface area contributed by atoms with Gasteiger partial charge in [0, 0.05) is 47.6 Å². The second-order valence-electron chi connectivity index (χ2n) is 10.1. The molecule has 9 heteroatoms. The first-order valence-electron chi connectivity index (χ1n) is 13.0. The van der Waals surface area contributed by atoms with Crippen LogP contribution in [0.5, 0.6) is 5.75 Å². The number of anilines is 2. The summed E-state index contributed by atoms with van der Waals surface area (Å²) in [5.74, 6) is 0.723. The summed E-state index contributed by atoms with van der Waals surface area (Å²) in [6.45, 7) is 10.8. The number of hydrogen-bond donors (Lipinski definition) is 1. The van der Waals surface area contributed by atoms with Crippen LogP contribution in [0.2, 0.25) is 0 Å². The molecule has 1 unspecified atom stereocenters. The summed E-state index contributed by atoms with van der Waals surface area (Å²) in [5, 5.41) is 14.5. The summed E-state index contributed by atoms with van der Waals surface area (Å²) < 4.78 is 3.69. The van der Waals surface area contributed by atoms with Crippen LogP contribution in [-0.2, 0) is 0 Å². The highest BCUT2D eigenvalue weighted by Crippen LogP contribution is 2.29. The Morgan fingerprint density at radius 1 is 0.846 bits per heavy atom. The van der Waals surface area contributed by atoms with Gasteiger partial charge in [-0.25, -0.2) is 14.0 Å². The first kappa shape index (κ1) is 26.7. The summed E-state index contributed by atoms with van der Waals surface area (Å²) in [7, 11) is 0. The third kappa shape index (κ3) is 5.23. The maximum absolute atomic E-state index is 13.3. The van der Waals surface area contributed by atoms with E-state index in [-0.39, 0.29) is 11.5 Å². The number of hydrogen-bond acceptors (Lipinski definition) is 6. The molecule has 0 bridgehead atoms. The molecule has 39 heavy (non-hydrogen) atoms. The molecule has 0 aliphatic carbocycles. The zero-order valence-corrected chi connectivity index (χ0v) is 24.1. The van der Waals surface area contributed by atoms with Crippen molar-refractivity contribution >= 4 is 33.1 Å². The number of piperazine rings is 1. The summed E-state index contributed by atoms with van der Waals surface area (Å²) in [4.78, 5) is 31.0. The van der Waals surface area contributed by atoms with Gasteiger partial charge in [-0.1, -0.05) is 28.1 Å². The molecule has 0 spiro atoms. The van der Waals surface area contributed by atoms with E-state index < -0.39 is 6.04 Å². The van der Waals surface area contributed by atoms with Gasteiger partial charge in [-0.3, -0.25) is 4.79 Å². The maximum atomic E-state index is 13.3. The molecule has 1 atom stereocenters. The summed E-state index contributed by atoms with van der Waals surface area (Å²) in [6, 6.07) is 18.4. The number of benzene rings is 3. The second-order valence-corrected chi connectivity index (χ2v) is 11.0. The Kier molecular flexibility index (Phi) is 7.36. The van der Waals surface area contributed by atoms with Gasteiger partial charge in [-0.2, -0.15) is 5.10 Å². The van der Waals surface area contributed by atoms with Crippen molar-refractivity contribution in [1.82, 2.24) is 14.3 Å². The molecule has 1 N–H and O–H groups in total. The topological polar surface area (TPSA) is 83.6 Å². The molecule has 4 aromatic rings. The minimum atomic E-state index is -0.727. The van der Waals surface area contributed by atoms with Crippen LogP contribution in [-0.4, -0.2) is 51.4 Å². The molecule has 1 fully saturated rings. The molecule has 1 saturated heterocycles. The number of nitrogens with zero attached hydrogens (tertiary/aromatic N) is 5. The number of aryl methyl sites for hydroxylation is 3. The predicted molar refractivity (Wildman–Crippen MR) is 158 cm³/mol. The molecule has 1 aliphatic rings. The molecule has 0 amide bonds. The van der Waals surface area contributed by atoms with E-state index in [1.54, 1.807) is 30.5 Å². The molecule has 8 nitrogen and oxygen atoms in total. The lowest BCUT2D eigenvalue weighted by atomic mass is 10.1. The second kappa shape index (κ2) is 10.7. The van der Waals surface area contributed by atoms with E-state index in [9.17, 15) is 14.7 Å². The molecule has 1 aliphatic heterocycles. The first-order valence-corrected chi connectivity index (χ1v) is 13.8. The number of halogens is 1. The van der Waals surface area contributed by atoms with E-state index in [2.05, 4.69) is 30.8 Å². The van der Waals surface area contributed by atoms with Gasteiger partial charge in [0.1, 0.15) is 17.6 Å². The van der Waals surface area contributed by atoms with E-state index in [0.717, 1.165) is 53.2 Å². The Balaban J connectivity index is 1.30. The number of ketones is 1. The highest BCUT2D eigenvalue weighted by Gasteiger charge is 2.24. The molecule has 2 heterocycles. The minimum Gasteiger partial charge on any atom is -0.507 e. The van der Waals surface area contributed by atoms with Crippen molar-refractivity contribution in [3.8, 4) is 11.4 Å². The third-order valence-electron chi connectivity index (χ3n) is 7.43. The maximum Gasteiger partial charge on any atom is 0.351 e. The number of aromatic nitrogens is 3. The van der Waals surface area contributed by atoms with Gasteiger partial charge in [-0.15, -0.1) is 0 Å². The highest BCUT2D eigenvalue weighted by molar-refractivity contribution is 9.10. The van der Waals surface area contributed by atoms with Crippen molar-refractivity contribution in [2.24, 2.45) is 0 Å². The summed E-state index contributed by atoms with van der Waals surface area (Å²) in [6.07, 6.45) is 0. The van der Waals surface area contributed by atoms with Crippen molar-refractivity contribution in [1.29, 1.82) is 0 Å². The molecule has 5 rings (SSSR count). The van der Waals surface area contributed by atoms with Crippen molar-refractivity contribution < 1.29 is 9.90 Å². The zero-order valence-electron chi connectivity index (χ0n) is 22.6. The number of carbonyl (C=O) groups excluding carboxylic acids is 1. The minimum absolute atomic E-state index is 0.165. The molecule has 202 valence electrons. The number of rotatable bonds is 6. The van der Waals surface area contributed by atoms with Gasteiger partial charge in [-0.05, 0) is 87.4 Å². The third-order valence-corrected chi connectivity index (χ3v) is 7.96. The molecular formula is C30H32BrN5O3. The van der Waals surface area contributed by atoms with Crippen molar-refractivity contribution in [2.45, 2.75) is 33.7 Å². The Bertz CT molecular complexity index is 1540. The number of phenols is 1. The Morgan fingerprint density at radius 2 is 1.36 bits per heavy atom. The quantitative estimate of drug-likeness (QED) is 0.311. The van der Waals surface area contributed by atoms with Gasteiger partial charge in [0.05, 0.1) is 5.69 Å². The largest absolute Gasteiger partial charge is 0.507 e. The lowest BCUT2D eigenvalue weighted by Crippen LogP contribution is -2.46. The van der Waals surface area contributed by atoms with Crippen LogP contribution in [0.4, 0.5) is 11.4 Å². The van der Waals surface area contributed by atoms with E-state index in [1.165, 1.54) is 4.68 Å². The Hall–Kier alpha value is -3.85. The SMILES string of the molecule is Cc1cc(N2CCN(c3ccc(-n4c(C)nn(C(C)C(=O)c5ccc(Br)cc5)c4=O)cc3)CC2)cc(C)c1O. The number of aromatic hydroxyl groups is 1. The van der Waals surface area contributed by atoms with Crippen LogP contribution in [0, 0.1) is 20.8 Å². The zero-order chi connectivity index (χ0) is 27.8. The van der Waals surface area contributed by atoms with Crippen molar-refractivity contribution in [3.63, 3.8) is 0 Å². The Morgan fingerprint density at radius 3 is 1.92 bits per heavy atom. The summed E-state index contributed by atoms with van der Waals surface area (Å²) >= 11 is 3.38. The lowest BCUT2D eigenvalue weighted by Gasteiger charge is -2.37. The van der Waals surface area contributed by atoms with E-state index in [4.69, 9.17) is 0 Å². The van der Waals surface area contributed by atoms with Gasteiger partial charge in [0.25, 0.3) is 0 Å². The van der Waals surface area contributed by atoms with Gasteiger partial charge >= 0.3 is 5.69 Å². The van der Waals surface area contributed by atoms with Crippen LogP contribution in [0.3, 0.4) is 0 Å². The van der Waals surface area contributed by atoms with Crippen LogP contribution < -0.4 is 15.5 Å². The highest BCUT2D eigenvalue weighted by atomic mass is 79.9. The van der Waals surface area contributed by atoms with E-state index in [1.807, 2.05) is 62.4 Å². The fraction of sp³-hybridized carbons (Fsp3) is 0.300. The monoisotopic (exact) mass is 589 g/mol. The van der Waals surface area contributed by atoms with Crippen LogP contribution in [0.1, 0.15) is 40.3 Å². The average Bonchev–Trinajstić information content (AvgIpc) is 3.24. The lowest BCUT2D eigenvalue weighted by molar-refractivity contribution is 0.0925. The van der Waals surface area contributed by atoms with Gasteiger partial charge in [0.2, 0.25) is 0 Å². The molecule has 3 aromatic carbocycles. The van der Waals surface area contributed by atoms with Crippen LogP contribution >= 0.6 is 15.9 Å². The predicted octanol–water partition coefficient (Wildman–Crippen LogP) is 5.20. The van der Waals surface area contributed by atoms with E-state index >= 15 is 0 Å². The molecular weight excluding hydrogens is 558 g/mol. The van der Waals surface area contributed by atoms with Gasteiger partial charge < -0.3 is 14.9 Å². The van der Waals surface area contributed by atoms with Crippen LogP contribution in [0.15, 0.2) is 69.9 Å². The number of phenolic OH excluding ortho intramolecular Hbond substituents is 1. The van der Waals surface area contributed by atoms with Crippen LogP contribution in [0.25, 0.3) is 5.69 Å². The average molecular weight is 591 g/mol. The normalized spacial score (nSPS) is 14.5. The smallest absolute Gasteiger partial charge is 0.351 e.